The summed E-state index contributed by atoms with van der Waals surface area (Å²) in [6.45, 7) is 0. The van der Waals surface area contributed by atoms with Crippen molar-refractivity contribution in [2.24, 2.45) is 0 Å². The molecule has 0 aliphatic rings. The Morgan fingerprint density at radius 3 is 1.76 bits per heavy atom. The number of aromatic nitrogens is 4. The Bertz CT molecular complexity index is 3470. The molecule has 0 unspecified atom stereocenters. The van der Waals surface area contributed by atoms with E-state index in [1.165, 1.54) is 0 Å². The molecule has 0 amide bonds. The molecule has 0 spiro atoms. The van der Waals surface area contributed by atoms with E-state index >= 15 is 0 Å². The van der Waals surface area contributed by atoms with Gasteiger partial charge < -0.3 is 8.98 Å². The number of benzene rings is 7. The van der Waals surface area contributed by atoms with Crippen molar-refractivity contribution in [3.05, 3.63) is 170 Å². The summed E-state index contributed by atoms with van der Waals surface area (Å²) in [4.78, 5) is 14.4. The van der Waals surface area contributed by atoms with Gasteiger partial charge >= 0.3 is 0 Å². The van der Waals surface area contributed by atoms with E-state index in [-0.39, 0.29) is 62.5 Å². The van der Waals surface area contributed by atoms with Gasteiger partial charge in [0.2, 0.25) is 0 Å². The molecule has 0 aliphatic heterocycles. The summed E-state index contributed by atoms with van der Waals surface area (Å²) in [7, 11) is 0. The molecule has 50 heavy (non-hydrogen) atoms. The van der Waals surface area contributed by atoms with Crippen LogP contribution in [0.25, 0.3) is 94.7 Å². The van der Waals surface area contributed by atoms with Crippen LogP contribution in [0.4, 0.5) is 0 Å². The zero-order valence-corrected chi connectivity index (χ0v) is 26.0. The van der Waals surface area contributed by atoms with E-state index in [0.29, 0.717) is 27.9 Å². The van der Waals surface area contributed by atoms with Crippen LogP contribution in [0.1, 0.15) is 15.1 Å². The fourth-order valence-electron chi connectivity index (χ4n) is 6.24. The van der Waals surface area contributed by atoms with Crippen LogP contribution >= 0.6 is 0 Å². The highest BCUT2D eigenvalue weighted by atomic mass is 16.3. The van der Waals surface area contributed by atoms with E-state index in [0.717, 1.165) is 15.3 Å². The molecular weight excluding hydrogens is 613 g/mol. The van der Waals surface area contributed by atoms with Crippen LogP contribution in [0.5, 0.6) is 0 Å². The largest absolute Gasteiger partial charge is 0.456 e. The summed E-state index contributed by atoms with van der Waals surface area (Å²) in [5.74, 6) is 0.186. The van der Waals surface area contributed by atoms with Gasteiger partial charge in [-0.3, -0.25) is 0 Å². The normalized spacial score (nSPS) is 14.7. The lowest BCUT2D eigenvalue weighted by Crippen LogP contribution is -2.00. The molecule has 10 aromatic rings. The van der Waals surface area contributed by atoms with Gasteiger partial charge in [0.15, 0.2) is 17.5 Å². The molecule has 0 aliphatic carbocycles. The van der Waals surface area contributed by atoms with E-state index in [1.54, 1.807) is 60.7 Å². The Morgan fingerprint density at radius 2 is 1.02 bits per heavy atom. The standard InChI is InChI=1S/C45H28N4O/c1-4-12-29(13-5-1)31-20-23-35-36-24-21-32(27-40(36)49(39(35)26-31)34-16-8-3-9-17-34)44-46-43(30-14-6-2-7-15-30)47-45(48-44)33-22-25-38-37-18-10-11-19-41(37)50-42(38)28-33/h1-28H/i3D,8D,9D,16D,17D,20D,21D,23D,24D,26D,27D. The number of nitrogens with zero attached hydrogens (tertiary/aromatic N) is 4. The molecule has 5 heteroatoms. The van der Waals surface area contributed by atoms with Crippen molar-refractivity contribution in [3.8, 4) is 51.0 Å². The van der Waals surface area contributed by atoms with Gasteiger partial charge in [0, 0.05) is 43.9 Å². The molecule has 10 rings (SSSR count). The first kappa shape index (κ1) is 19.2. The third-order valence-electron chi connectivity index (χ3n) is 8.58. The van der Waals surface area contributed by atoms with E-state index < -0.39 is 60.1 Å². The van der Waals surface area contributed by atoms with E-state index in [9.17, 15) is 6.85 Å². The number of hydrogen-bond donors (Lipinski definition) is 0. The van der Waals surface area contributed by atoms with Crippen molar-refractivity contribution < 1.29 is 19.5 Å². The maximum Gasteiger partial charge on any atom is 0.164 e. The molecule has 0 radical (unpaired) electrons. The quantitative estimate of drug-likeness (QED) is 0.186. The lowest BCUT2D eigenvalue weighted by atomic mass is 10.0. The van der Waals surface area contributed by atoms with Gasteiger partial charge in [-0.05, 0) is 53.5 Å². The molecule has 0 atom stereocenters. The van der Waals surface area contributed by atoms with Crippen molar-refractivity contribution in [3.63, 3.8) is 0 Å². The van der Waals surface area contributed by atoms with Gasteiger partial charge in [0.1, 0.15) is 11.2 Å². The summed E-state index contributed by atoms with van der Waals surface area (Å²) in [6.07, 6.45) is 0. The average molecular weight is 652 g/mol. The van der Waals surface area contributed by atoms with Gasteiger partial charge in [-0.25, -0.2) is 15.0 Å². The first-order valence-electron chi connectivity index (χ1n) is 21.3. The van der Waals surface area contributed by atoms with Gasteiger partial charge in [0.05, 0.1) is 26.1 Å². The highest BCUT2D eigenvalue weighted by Gasteiger charge is 2.18. The van der Waals surface area contributed by atoms with Gasteiger partial charge in [0.25, 0.3) is 0 Å². The molecule has 3 heterocycles. The van der Waals surface area contributed by atoms with Crippen LogP contribution in [0, 0.1) is 0 Å². The lowest BCUT2D eigenvalue weighted by molar-refractivity contribution is 0.669. The summed E-state index contributed by atoms with van der Waals surface area (Å²) < 4.78 is 108. The minimum Gasteiger partial charge on any atom is -0.456 e. The molecule has 0 N–H and O–H groups in total. The third kappa shape index (κ3) is 4.67. The van der Waals surface area contributed by atoms with E-state index in [1.807, 2.05) is 42.5 Å². The monoisotopic (exact) mass is 651 g/mol. The number of fused-ring (bicyclic) bond motifs is 6. The average Bonchev–Trinajstić information content (AvgIpc) is 3.84. The number of hydrogen-bond acceptors (Lipinski definition) is 4. The first-order valence-corrected chi connectivity index (χ1v) is 15.8. The predicted molar refractivity (Wildman–Crippen MR) is 203 cm³/mol. The van der Waals surface area contributed by atoms with Crippen molar-refractivity contribution in [1.82, 2.24) is 19.5 Å². The first-order chi connectivity index (χ1) is 29.4. The number of para-hydroxylation sites is 2. The fourth-order valence-corrected chi connectivity index (χ4v) is 6.24. The Morgan fingerprint density at radius 1 is 0.440 bits per heavy atom. The smallest absolute Gasteiger partial charge is 0.164 e. The Kier molecular flexibility index (Phi) is 4.38. The third-order valence-corrected chi connectivity index (χ3v) is 8.58. The molecular formula is C45H28N4O. The lowest BCUT2D eigenvalue weighted by Gasteiger charge is -2.11. The van der Waals surface area contributed by atoms with Crippen LogP contribution in [-0.2, 0) is 0 Å². The number of rotatable bonds is 5. The Hall–Kier alpha value is -6.85. The second-order valence-corrected chi connectivity index (χ2v) is 11.6. The van der Waals surface area contributed by atoms with Crippen LogP contribution in [0.15, 0.2) is 174 Å². The highest BCUT2D eigenvalue weighted by Crippen LogP contribution is 2.37. The molecule has 0 saturated heterocycles. The van der Waals surface area contributed by atoms with Gasteiger partial charge in [-0.1, -0.05) is 127 Å². The van der Waals surface area contributed by atoms with Crippen LogP contribution in [-0.4, -0.2) is 19.5 Å². The summed E-state index contributed by atoms with van der Waals surface area (Å²) in [5, 5.41) is 1.46. The van der Waals surface area contributed by atoms with Crippen LogP contribution < -0.4 is 0 Å². The molecule has 7 aromatic carbocycles. The predicted octanol–water partition coefficient (Wildman–Crippen LogP) is 11.5. The second-order valence-electron chi connectivity index (χ2n) is 11.6. The van der Waals surface area contributed by atoms with Crippen molar-refractivity contribution >= 4 is 43.7 Å². The van der Waals surface area contributed by atoms with E-state index in [2.05, 4.69) is 0 Å². The van der Waals surface area contributed by atoms with Gasteiger partial charge in [-0.15, -0.1) is 0 Å². The van der Waals surface area contributed by atoms with Gasteiger partial charge in [-0.2, -0.15) is 0 Å². The zero-order chi connectivity index (χ0) is 42.6. The maximum absolute atomic E-state index is 9.90. The molecule has 0 fully saturated rings. The SMILES string of the molecule is [2H]c1c([2H])c([2H])c(-n2c3c([2H])c(-c4ccccc4)c([2H])c([2H])c3c3c([2H])c([2H])c(-c4nc(-c5ccccc5)nc(-c5ccc6c(c5)oc5ccccc56)n4)c([2H])c32)c([2H])c1[2H]. The zero-order valence-electron chi connectivity index (χ0n) is 37.0. The van der Waals surface area contributed by atoms with Crippen molar-refractivity contribution in [2.45, 2.75) is 0 Å². The number of furan rings is 1. The molecule has 0 bridgehead atoms. The summed E-state index contributed by atoms with van der Waals surface area (Å²) >= 11 is 0. The molecule has 5 nitrogen and oxygen atoms in total. The topological polar surface area (TPSA) is 56.7 Å². The summed E-state index contributed by atoms with van der Waals surface area (Å²) in [6, 6.07) is 24.6. The minimum absolute atomic E-state index is 0.0231. The highest BCUT2D eigenvalue weighted by molar-refractivity contribution is 6.11. The van der Waals surface area contributed by atoms with Crippen LogP contribution in [0.3, 0.4) is 0 Å². The maximum atomic E-state index is 9.90. The Labute approximate surface area is 303 Å². The van der Waals surface area contributed by atoms with Crippen molar-refractivity contribution in [2.75, 3.05) is 0 Å². The fraction of sp³-hybridized carbons (Fsp3) is 0. The van der Waals surface area contributed by atoms with Crippen LogP contribution in [0.2, 0.25) is 0 Å². The minimum atomic E-state index is -0.685. The second kappa shape index (κ2) is 11.4. The van der Waals surface area contributed by atoms with E-state index in [4.69, 9.17) is 27.6 Å². The summed E-state index contributed by atoms with van der Waals surface area (Å²) in [5.41, 5.74) is 1.73. The molecule has 0 saturated carbocycles. The molecule has 234 valence electrons. The molecule has 3 aromatic heterocycles. The van der Waals surface area contributed by atoms with Crippen molar-refractivity contribution in [1.29, 1.82) is 0 Å². The Balaban J connectivity index is 1.34.